The molecule has 0 aliphatic carbocycles. The van der Waals surface area contributed by atoms with E-state index in [4.69, 9.17) is 9.26 Å². The number of nitrogens with one attached hydrogen (secondary N) is 2. The molecule has 138 valence electrons. The third-order valence-electron chi connectivity index (χ3n) is 4.41. The number of piperazine rings is 1. The number of morpholine rings is 1. The maximum absolute atomic E-state index is 12.4. The molecule has 2 amide bonds. The van der Waals surface area contributed by atoms with Crippen LogP contribution in [0.5, 0.6) is 0 Å². The number of hydrogen-bond acceptors (Lipinski definition) is 7. The smallest absolute Gasteiger partial charge is 0.239 e. The highest BCUT2D eigenvalue weighted by molar-refractivity contribution is 5.91. The van der Waals surface area contributed by atoms with Gasteiger partial charge in [0.1, 0.15) is 5.76 Å². The molecule has 1 aromatic heterocycles. The average molecular weight is 351 g/mol. The zero-order chi connectivity index (χ0) is 17.6. The molecular weight excluding hydrogens is 326 g/mol. The highest BCUT2D eigenvalue weighted by Crippen LogP contribution is 2.09. The monoisotopic (exact) mass is 351 g/mol. The van der Waals surface area contributed by atoms with Crippen molar-refractivity contribution in [1.82, 2.24) is 20.3 Å². The predicted molar refractivity (Wildman–Crippen MR) is 90.1 cm³/mol. The summed E-state index contributed by atoms with van der Waals surface area (Å²) in [6, 6.07) is 1.79. The van der Waals surface area contributed by atoms with Crippen LogP contribution in [0.15, 0.2) is 10.6 Å². The summed E-state index contributed by atoms with van der Waals surface area (Å²) in [5, 5.41) is 9.75. The second-order valence-corrected chi connectivity index (χ2v) is 6.46. The summed E-state index contributed by atoms with van der Waals surface area (Å²) in [5.74, 6) is 1.10. The lowest BCUT2D eigenvalue weighted by Crippen LogP contribution is -2.52. The molecule has 2 aliphatic rings. The SMILES string of the molecule is Cc1cc(NC(=O)CN2CCN(C(=O)CC3COCCN3)CC2)no1. The lowest BCUT2D eigenvalue weighted by Gasteiger charge is -2.35. The topological polar surface area (TPSA) is 99.9 Å². The Balaban J connectivity index is 1.37. The summed E-state index contributed by atoms with van der Waals surface area (Å²) in [7, 11) is 0. The van der Waals surface area contributed by atoms with Crippen molar-refractivity contribution in [1.29, 1.82) is 0 Å². The van der Waals surface area contributed by atoms with Crippen molar-refractivity contribution in [2.45, 2.75) is 19.4 Å². The molecule has 9 nitrogen and oxygen atoms in total. The van der Waals surface area contributed by atoms with Gasteiger partial charge >= 0.3 is 0 Å². The van der Waals surface area contributed by atoms with Crippen LogP contribution in [-0.2, 0) is 14.3 Å². The summed E-state index contributed by atoms with van der Waals surface area (Å²) in [4.78, 5) is 28.3. The average Bonchev–Trinajstić information content (AvgIpc) is 3.01. The van der Waals surface area contributed by atoms with Gasteiger partial charge in [0.2, 0.25) is 11.8 Å². The van der Waals surface area contributed by atoms with Crippen molar-refractivity contribution < 1.29 is 18.8 Å². The van der Waals surface area contributed by atoms with Crippen LogP contribution in [0.3, 0.4) is 0 Å². The number of rotatable bonds is 5. The summed E-state index contributed by atoms with van der Waals surface area (Å²) in [6.07, 6.45) is 0.464. The number of aryl methyl sites for hydroxylation is 1. The number of carbonyl (C=O) groups excluding carboxylic acids is 2. The molecule has 0 spiro atoms. The summed E-state index contributed by atoms with van der Waals surface area (Å²) in [5.41, 5.74) is 0. The molecule has 0 aromatic carbocycles. The van der Waals surface area contributed by atoms with Crippen molar-refractivity contribution in [2.24, 2.45) is 0 Å². The van der Waals surface area contributed by atoms with E-state index >= 15 is 0 Å². The van der Waals surface area contributed by atoms with Crippen LogP contribution >= 0.6 is 0 Å². The Kier molecular flexibility index (Phi) is 6.00. The zero-order valence-corrected chi connectivity index (χ0v) is 14.5. The zero-order valence-electron chi connectivity index (χ0n) is 14.5. The van der Waals surface area contributed by atoms with Crippen LogP contribution in [0.25, 0.3) is 0 Å². The second kappa shape index (κ2) is 8.41. The van der Waals surface area contributed by atoms with Crippen molar-refractivity contribution >= 4 is 17.6 Å². The Morgan fingerprint density at radius 2 is 2.16 bits per heavy atom. The molecule has 0 saturated carbocycles. The molecule has 3 heterocycles. The molecule has 1 atom stereocenters. The van der Waals surface area contributed by atoms with Gasteiger partial charge in [-0.2, -0.15) is 0 Å². The molecule has 1 unspecified atom stereocenters. The second-order valence-electron chi connectivity index (χ2n) is 6.46. The van der Waals surface area contributed by atoms with Gasteiger partial charge in [0, 0.05) is 51.3 Å². The minimum Gasteiger partial charge on any atom is -0.378 e. The van der Waals surface area contributed by atoms with Gasteiger partial charge in [-0.1, -0.05) is 5.16 Å². The summed E-state index contributed by atoms with van der Waals surface area (Å²) < 4.78 is 10.3. The van der Waals surface area contributed by atoms with E-state index < -0.39 is 0 Å². The highest BCUT2D eigenvalue weighted by atomic mass is 16.5. The molecular formula is C16H25N5O4. The van der Waals surface area contributed by atoms with Crippen LogP contribution < -0.4 is 10.6 Å². The number of nitrogens with zero attached hydrogens (tertiary/aromatic N) is 3. The fraction of sp³-hybridized carbons (Fsp3) is 0.688. The Morgan fingerprint density at radius 3 is 2.80 bits per heavy atom. The van der Waals surface area contributed by atoms with Crippen LogP contribution in [0.2, 0.25) is 0 Å². The highest BCUT2D eigenvalue weighted by Gasteiger charge is 2.25. The van der Waals surface area contributed by atoms with Gasteiger partial charge in [-0.15, -0.1) is 0 Å². The first-order valence-corrected chi connectivity index (χ1v) is 8.64. The quantitative estimate of drug-likeness (QED) is 0.734. The number of ether oxygens (including phenoxy) is 1. The fourth-order valence-electron chi connectivity index (χ4n) is 3.06. The lowest BCUT2D eigenvalue weighted by atomic mass is 10.1. The third kappa shape index (κ3) is 5.25. The Labute approximate surface area is 146 Å². The summed E-state index contributed by atoms with van der Waals surface area (Å²) in [6.45, 7) is 6.81. The molecule has 2 aliphatic heterocycles. The van der Waals surface area contributed by atoms with Gasteiger partial charge in [0.15, 0.2) is 5.82 Å². The Bertz CT molecular complexity index is 591. The van der Waals surface area contributed by atoms with Gasteiger partial charge in [0.25, 0.3) is 0 Å². The number of carbonyl (C=O) groups is 2. The van der Waals surface area contributed by atoms with Gasteiger partial charge in [0.05, 0.1) is 19.8 Å². The van der Waals surface area contributed by atoms with Crippen molar-refractivity contribution in [3.05, 3.63) is 11.8 Å². The van der Waals surface area contributed by atoms with E-state index in [1.165, 1.54) is 0 Å². The van der Waals surface area contributed by atoms with Gasteiger partial charge in [-0.05, 0) is 6.92 Å². The molecule has 2 saturated heterocycles. The fourth-order valence-corrected chi connectivity index (χ4v) is 3.06. The van der Waals surface area contributed by atoms with E-state index in [2.05, 4.69) is 15.8 Å². The number of aromatic nitrogens is 1. The van der Waals surface area contributed by atoms with Gasteiger partial charge < -0.3 is 24.8 Å². The van der Waals surface area contributed by atoms with E-state index in [1.54, 1.807) is 13.0 Å². The molecule has 1 aromatic rings. The first-order valence-electron chi connectivity index (χ1n) is 8.64. The first kappa shape index (κ1) is 17.8. The standard InChI is InChI=1S/C16H25N5O4/c1-12-8-14(19-25-12)18-15(22)10-20-3-5-21(6-4-20)16(23)9-13-11-24-7-2-17-13/h8,13,17H,2-7,9-11H2,1H3,(H,18,19,22). The Morgan fingerprint density at radius 1 is 1.36 bits per heavy atom. The van der Waals surface area contributed by atoms with Crippen LogP contribution in [-0.4, -0.2) is 85.3 Å². The third-order valence-corrected chi connectivity index (χ3v) is 4.41. The molecule has 0 bridgehead atoms. The minimum atomic E-state index is -0.128. The van der Waals surface area contributed by atoms with E-state index in [1.807, 2.05) is 9.80 Å². The van der Waals surface area contributed by atoms with Gasteiger partial charge in [-0.3, -0.25) is 14.5 Å². The van der Waals surface area contributed by atoms with E-state index in [0.29, 0.717) is 57.4 Å². The number of hydrogen-bond donors (Lipinski definition) is 2. The normalized spacial score (nSPS) is 22.0. The lowest BCUT2D eigenvalue weighted by molar-refractivity contribution is -0.134. The molecule has 3 rings (SSSR count). The van der Waals surface area contributed by atoms with Gasteiger partial charge in [-0.25, -0.2) is 0 Å². The molecule has 2 N–H and O–H groups in total. The van der Waals surface area contributed by atoms with Crippen molar-refractivity contribution in [2.75, 3.05) is 57.8 Å². The van der Waals surface area contributed by atoms with Crippen LogP contribution in [0.1, 0.15) is 12.2 Å². The van der Waals surface area contributed by atoms with Crippen LogP contribution in [0, 0.1) is 6.92 Å². The maximum atomic E-state index is 12.4. The van der Waals surface area contributed by atoms with Crippen molar-refractivity contribution in [3.8, 4) is 0 Å². The maximum Gasteiger partial charge on any atom is 0.239 e. The minimum absolute atomic E-state index is 0.107. The van der Waals surface area contributed by atoms with Crippen molar-refractivity contribution in [3.63, 3.8) is 0 Å². The molecule has 2 fully saturated rings. The van der Waals surface area contributed by atoms with Crippen LogP contribution in [0.4, 0.5) is 5.82 Å². The molecule has 9 heteroatoms. The number of amides is 2. The van der Waals surface area contributed by atoms with E-state index in [9.17, 15) is 9.59 Å². The first-order chi connectivity index (χ1) is 12.1. The molecule has 25 heavy (non-hydrogen) atoms. The van der Waals surface area contributed by atoms with E-state index in [-0.39, 0.29) is 24.4 Å². The van der Waals surface area contributed by atoms with E-state index in [0.717, 1.165) is 6.54 Å². The number of anilines is 1. The molecule has 0 radical (unpaired) electrons. The summed E-state index contributed by atoms with van der Waals surface area (Å²) >= 11 is 0. The largest absolute Gasteiger partial charge is 0.378 e. The Hall–Kier alpha value is -1.97. The predicted octanol–water partition coefficient (Wildman–Crippen LogP) is -0.556.